The molecule has 1 saturated heterocycles. The second-order valence-electron chi connectivity index (χ2n) is 6.78. The molecule has 7 nitrogen and oxygen atoms in total. The smallest absolute Gasteiger partial charge is 0.407 e. The number of alkyl carbamates (subject to hydrolysis) is 1. The molecule has 2 rings (SSSR count). The fourth-order valence-corrected chi connectivity index (χ4v) is 2.76. The molecule has 1 heterocycles. The van der Waals surface area contributed by atoms with Crippen molar-refractivity contribution in [3.05, 3.63) is 33.9 Å². The zero-order chi connectivity index (χ0) is 17.2. The molecule has 1 aliphatic heterocycles. The minimum atomic E-state index is -0.544. The van der Waals surface area contributed by atoms with Gasteiger partial charge >= 0.3 is 6.09 Å². The van der Waals surface area contributed by atoms with Gasteiger partial charge in [-0.2, -0.15) is 0 Å². The maximum absolute atomic E-state index is 11.8. The van der Waals surface area contributed by atoms with Gasteiger partial charge in [0.25, 0.3) is 5.69 Å². The van der Waals surface area contributed by atoms with Crippen LogP contribution in [0.3, 0.4) is 0 Å². The second-order valence-corrected chi connectivity index (χ2v) is 6.78. The van der Waals surface area contributed by atoms with Crippen molar-refractivity contribution in [1.82, 2.24) is 5.32 Å². The number of nitrogens with zero attached hydrogens (tertiary/aromatic N) is 2. The van der Waals surface area contributed by atoms with Crippen LogP contribution in [-0.2, 0) is 4.74 Å². The van der Waals surface area contributed by atoms with Gasteiger partial charge in [0.1, 0.15) is 11.3 Å². The minimum absolute atomic E-state index is 0.0796. The largest absolute Gasteiger partial charge is 0.444 e. The number of nitro benzene ring substituents is 1. The quantitative estimate of drug-likeness (QED) is 0.683. The molecule has 7 heteroatoms. The lowest BCUT2D eigenvalue weighted by atomic mass is 10.1. The fourth-order valence-electron chi connectivity index (χ4n) is 2.76. The molecule has 0 saturated carbocycles. The Kier molecular flexibility index (Phi) is 4.77. The summed E-state index contributed by atoms with van der Waals surface area (Å²) in [4.78, 5) is 24.7. The number of rotatable bonds is 3. The number of nitrogens with one attached hydrogen (secondary N) is 1. The number of hydrogen-bond donors (Lipinski definition) is 1. The Morgan fingerprint density at radius 2 is 2.13 bits per heavy atom. The van der Waals surface area contributed by atoms with E-state index < -0.39 is 11.7 Å². The Hall–Kier alpha value is -2.31. The Morgan fingerprint density at radius 1 is 1.43 bits per heavy atom. The summed E-state index contributed by atoms with van der Waals surface area (Å²) < 4.78 is 5.25. The Labute approximate surface area is 135 Å². The first-order valence-electron chi connectivity index (χ1n) is 7.66. The normalized spacial score (nSPS) is 17.9. The predicted octanol–water partition coefficient (Wildman–Crippen LogP) is 3.01. The number of para-hydroxylation sites is 1. The van der Waals surface area contributed by atoms with Gasteiger partial charge in [-0.05, 0) is 39.7 Å². The van der Waals surface area contributed by atoms with E-state index in [9.17, 15) is 14.9 Å². The van der Waals surface area contributed by atoms with Gasteiger partial charge in [-0.3, -0.25) is 10.1 Å². The van der Waals surface area contributed by atoms with Crippen molar-refractivity contribution >= 4 is 17.5 Å². The molecule has 126 valence electrons. The van der Waals surface area contributed by atoms with Crippen LogP contribution in [0.2, 0.25) is 0 Å². The van der Waals surface area contributed by atoms with E-state index in [2.05, 4.69) is 5.32 Å². The molecular formula is C16H23N3O4. The lowest BCUT2D eigenvalue weighted by Crippen LogP contribution is -2.40. The molecule has 1 unspecified atom stereocenters. The third-order valence-electron chi connectivity index (χ3n) is 3.64. The maximum Gasteiger partial charge on any atom is 0.407 e. The molecule has 0 aromatic heterocycles. The van der Waals surface area contributed by atoms with Gasteiger partial charge in [0.15, 0.2) is 0 Å². The van der Waals surface area contributed by atoms with Crippen molar-refractivity contribution in [3.63, 3.8) is 0 Å². The van der Waals surface area contributed by atoms with Gasteiger partial charge in [-0.25, -0.2) is 4.79 Å². The molecule has 1 fully saturated rings. The number of benzene rings is 1. The summed E-state index contributed by atoms with van der Waals surface area (Å²) in [6.45, 7) is 8.48. The van der Waals surface area contributed by atoms with Crippen molar-refractivity contribution in [2.75, 3.05) is 18.0 Å². The molecular weight excluding hydrogens is 298 g/mol. The van der Waals surface area contributed by atoms with E-state index in [1.165, 1.54) is 6.07 Å². The first-order chi connectivity index (χ1) is 10.7. The lowest BCUT2D eigenvalue weighted by Gasteiger charge is -2.23. The topological polar surface area (TPSA) is 84.7 Å². The van der Waals surface area contributed by atoms with E-state index in [-0.39, 0.29) is 16.7 Å². The van der Waals surface area contributed by atoms with Crippen LogP contribution in [0.15, 0.2) is 18.2 Å². The van der Waals surface area contributed by atoms with Crippen molar-refractivity contribution in [2.24, 2.45) is 0 Å². The Bertz CT molecular complexity index is 610. The van der Waals surface area contributed by atoms with E-state index in [4.69, 9.17) is 4.74 Å². The van der Waals surface area contributed by atoms with Gasteiger partial charge in [0.05, 0.1) is 11.0 Å². The van der Waals surface area contributed by atoms with Crippen LogP contribution < -0.4 is 10.2 Å². The first-order valence-corrected chi connectivity index (χ1v) is 7.66. The van der Waals surface area contributed by atoms with E-state index >= 15 is 0 Å². The minimum Gasteiger partial charge on any atom is -0.444 e. The number of aryl methyl sites for hydroxylation is 1. The monoisotopic (exact) mass is 321 g/mol. The van der Waals surface area contributed by atoms with Gasteiger partial charge in [-0.1, -0.05) is 12.1 Å². The van der Waals surface area contributed by atoms with E-state index in [0.717, 1.165) is 12.0 Å². The molecule has 1 aromatic rings. The summed E-state index contributed by atoms with van der Waals surface area (Å²) in [5.74, 6) is 0. The average molecular weight is 321 g/mol. The third kappa shape index (κ3) is 4.34. The number of nitro groups is 1. The zero-order valence-electron chi connectivity index (χ0n) is 14.0. The highest BCUT2D eigenvalue weighted by molar-refractivity contribution is 5.70. The molecule has 0 spiro atoms. The number of ether oxygens (including phenoxy) is 1. The highest BCUT2D eigenvalue weighted by atomic mass is 16.6. The van der Waals surface area contributed by atoms with E-state index in [0.29, 0.717) is 18.8 Å². The summed E-state index contributed by atoms with van der Waals surface area (Å²) >= 11 is 0. The van der Waals surface area contributed by atoms with Gasteiger partial charge in [-0.15, -0.1) is 0 Å². The van der Waals surface area contributed by atoms with Crippen molar-refractivity contribution in [2.45, 2.75) is 45.8 Å². The van der Waals surface area contributed by atoms with Crippen LogP contribution in [-0.4, -0.2) is 35.7 Å². The summed E-state index contributed by atoms with van der Waals surface area (Å²) in [5, 5.41) is 14.1. The Balaban J connectivity index is 2.06. The van der Waals surface area contributed by atoms with Crippen molar-refractivity contribution < 1.29 is 14.5 Å². The molecule has 1 atom stereocenters. The SMILES string of the molecule is Cc1cccc([N+](=O)[O-])c1N1CCC(NC(=O)OC(C)(C)C)C1. The third-order valence-corrected chi connectivity index (χ3v) is 3.64. The summed E-state index contributed by atoms with van der Waals surface area (Å²) in [7, 11) is 0. The van der Waals surface area contributed by atoms with Crippen LogP contribution in [0.25, 0.3) is 0 Å². The summed E-state index contributed by atoms with van der Waals surface area (Å²) in [5.41, 5.74) is 1.04. The summed E-state index contributed by atoms with van der Waals surface area (Å²) in [6, 6.07) is 4.97. The lowest BCUT2D eigenvalue weighted by molar-refractivity contribution is -0.384. The molecule has 0 radical (unpaired) electrons. The maximum atomic E-state index is 11.8. The van der Waals surface area contributed by atoms with Crippen LogP contribution in [0.1, 0.15) is 32.8 Å². The van der Waals surface area contributed by atoms with E-state index in [1.54, 1.807) is 6.07 Å². The number of anilines is 1. The number of amides is 1. The standard InChI is InChI=1S/C16H23N3O4/c1-11-6-5-7-13(19(21)22)14(11)18-9-8-12(10-18)17-15(20)23-16(2,3)4/h5-7,12H,8-10H2,1-4H3,(H,17,20). The molecule has 1 amide bonds. The molecule has 0 aliphatic carbocycles. The van der Waals surface area contributed by atoms with Crippen LogP contribution in [0, 0.1) is 17.0 Å². The highest BCUT2D eigenvalue weighted by Crippen LogP contribution is 2.33. The van der Waals surface area contributed by atoms with Crippen LogP contribution >= 0.6 is 0 Å². The van der Waals surface area contributed by atoms with Crippen molar-refractivity contribution in [3.8, 4) is 0 Å². The van der Waals surface area contributed by atoms with Crippen LogP contribution in [0.5, 0.6) is 0 Å². The summed E-state index contributed by atoms with van der Waals surface area (Å²) in [6.07, 6.45) is 0.272. The highest BCUT2D eigenvalue weighted by Gasteiger charge is 2.30. The number of carbonyl (C=O) groups excluding carboxylic acids is 1. The van der Waals surface area contributed by atoms with Crippen LogP contribution in [0.4, 0.5) is 16.2 Å². The number of carbonyl (C=O) groups is 1. The molecule has 1 aliphatic rings. The van der Waals surface area contributed by atoms with Gasteiger partial charge in [0, 0.05) is 19.2 Å². The van der Waals surface area contributed by atoms with Crippen molar-refractivity contribution in [1.29, 1.82) is 0 Å². The molecule has 23 heavy (non-hydrogen) atoms. The second kappa shape index (κ2) is 6.44. The van der Waals surface area contributed by atoms with Gasteiger partial charge in [0.2, 0.25) is 0 Å². The first kappa shape index (κ1) is 17.1. The fraction of sp³-hybridized carbons (Fsp3) is 0.562. The average Bonchev–Trinajstić information content (AvgIpc) is 2.83. The van der Waals surface area contributed by atoms with E-state index in [1.807, 2.05) is 38.7 Å². The number of hydrogen-bond acceptors (Lipinski definition) is 5. The zero-order valence-corrected chi connectivity index (χ0v) is 14.0. The van der Waals surface area contributed by atoms with Gasteiger partial charge < -0.3 is 15.0 Å². The predicted molar refractivity (Wildman–Crippen MR) is 87.8 cm³/mol. The molecule has 1 N–H and O–H groups in total. The molecule has 1 aromatic carbocycles. The molecule has 0 bridgehead atoms. The Morgan fingerprint density at radius 3 is 2.74 bits per heavy atom.